The third-order valence-electron chi connectivity index (χ3n) is 10.5. The third kappa shape index (κ3) is 9.84. The molecule has 316 valence electrons. The summed E-state index contributed by atoms with van der Waals surface area (Å²) in [6, 6.07) is 17.3. The van der Waals surface area contributed by atoms with Crippen molar-refractivity contribution in [2.45, 2.75) is 68.9 Å². The van der Waals surface area contributed by atoms with E-state index in [4.69, 9.17) is 25.6 Å². The van der Waals surface area contributed by atoms with Crippen molar-refractivity contribution in [2.75, 3.05) is 27.2 Å². The second-order valence-electron chi connectivity index (χ2n) is 14.2. The van der Waals surface area contributed by atoms with Crippen LogP contribution < -0.4 is 15.6 Å². The molecule has 18 heteroatoms. The molecule has 0 amide bonds. The number of aromatic hydroxyl groups is 1. The third-order valence-corrected chi connectivity index (χ3v) is 12.8. The highest BCUT2D eigenvalue weighted by Gasteiger charge is 2.48. The number of aromatic amines is 1. The van der Waals surface area contributed by atoms with Crippen LogP contribution in [0.25, 0.3) is 22.3 Å². The maximum absolute atomic E-state index is 12.8. The van der Waals surface area contributed by atoms with E-state index in [2.05, 4.69) is 32.4 Å². The van der Waals surface area contributed by atoms with E-state index in [9.17, 15) is 24.9 Å². The monoisotopic (exact) mass is 873 g/mol. The zero-order valence-corrected chi connectivity index (χ0v) is 34.6. The molecule has 4 aromatic heterocycles. The van der Waals surface area contributed by atoms with E-state index in [1.54, 1.807) is 31.4 Å². The maximum Gasteiger partial charge on any atom is 0.347 e. The van der Waals surface area contributed by atoms with Gasteiger partial charge in [0.15, 0.2) is 0 Å². The fraction of sp³-hybridized carbons (Fsp3) is 0.366. The molecule has 1 saturated carbocycles. The Morgan fingerprint density at radius 1 is 1.08 bits per heavy atom. The number of aliphatic carboxylic acids is 1. The number of nitrogens with one attached hydrogen (secondary N) is 2. The number of pyridine rings is 1. The van der Waals surface area contributed by atoms with Crippen LogP contribution in [-0.4, -0.2) is 80.7 Å². The molecule has 0 unspecified atom stereocenters. The number of methoxy groups -OCH3 is 1. The molecule has 4 heterocycles. The van der Waals surface area contributed by atoms with Gasteiger partial charge in [0, 0.05) is 48.1 Å². The Morgan fingerprint density at radius 3 is 2.44 bits per heavy atom. The largest absolute Gasteiger partial charge is 0.506 e. The number of rotatable bonds is 17. The SMILES string of the molecule is COc1cc(-c2noc(CCCN(C)C3CCC(OC(C(=O)O)(c4cccs4)c4cccs4)CC3)n2)c(Cl)cc1CNC[C@H](O)c1ccc(O)c2[nH]c(=O)ccc12.F.F. The first-order valence-electron chi connectivity index (χ1n) is 18.7. The molecule has 0 bridgehead atoms. The number of hydrogen-bond donors (Lipinski definition) is 5. The smallest absolute Gasteiger partial charge is 0.347 e. The van der Waals surface area contributed by atoms with E-state index in [0.29, 0.717) is 67.8 Å². The van der Waals surface area contributed by atoms with Gasteiger partial charge in [-0.25, -0.2) is 4.79 Å². The lowest BCUT2D eigenvalue weighted by molar-refractivity contribution is -0.170. The zero-order chi connectivity index (χ0) is 40.1. The Morgan fingerprint density at radius 2 is 1.80 bits per heavy atom. The molecule has 0 aliphatic heterocycles. The highest BCUT2D eigenvalue weighted by atomic mass is 35.5. The molecule has 1 fully saturated rings. The van der Waals surface area contributed by atoms with Crippen LogP contribution in [0.3, 0.4) is 0 Å². The summed E-state index contributed by atoms with van der Waals surface area (Å²) in [6.45, 7) is 1.34. The van der Waals surface area contributed by atoms with Gasteiger partial charge in [0.05, 0.1) is 39.6 Å². The van der Waals surface area contributed by atoms with Gasteiger partial charge in [0.2, 0.25) is 22.9 Å². The van der Waals surface area contributed by atoms with Crippen LogP contribution in [0.5, 0.6) is 11.5 Å². The average Bonchev–Trinajstić information content (AvgIpc) is 4.03. The number of fused-ring (bicyclic) bond motifs is 1. The van der Waals surface area contributed by atoms with Gasteiger partial charge < -0.3 is 44.5 Å². The number of phenols is 1. The number of carboxylic acid groups (broad SMARTS) is 1. The lowest BCUT2D eigenvalue weighted by Gasteiger charge is -2.38. The second kappa shape index (κ2) is 20.0. The van der Waals surface area contributed by atoms with Crippen molar-refractivity contribution in [1.29, 1.82) is 0 Å². The highest BCUT2D eigenvalue weighted by Crippen LogP contribution is 2.42. The number of carbonyl (C=O) groups is 1. The molecule has 59 heavy (non-hydrogen) atoms. The lowest BCUT2D eigenvalue weighted by Crippen LogP contribution is -2.44. The Bertz CT molecular complexity index is 2320. The van der Waals surface area contributed by atoms with Crippen molar-refractivity contribution >= 4 is 51.1 Å². The van der Waals surface area contributed by atoms with Crippen molar-refractivity contribution in [3.63, 3.8) is 0 Å². The van der Waals surface area contributed by atoms with E-state index < -0.39 is 17.7 Å². The van der Waals surface area contributed by atoms with Crippen molar-refractivity contribution in [3.8, 4) is 22.9 Å². The van der Waals surface area contributed by atoms with Gasteiger partial charge in [0.25, 0.3) is 0 Å². The molecule has 0 radical (unpaired) electrons. The van der Waals surface area contributed by atoms with Gasteiger partial charge in [-0.05, 0) is 98.4 Å². The van der Waals surface area contributed by atoms with Crippen LogP contribution in [-0.2, 0) is 28.1 Å². The molecule has 5 N–H and O–H groups in total. The number of ether oxygens (including phenoxy) is 2. The molecule has 13 nitrogen and oxygen atoms in total. The fourth-order valence-corrected chi connectivity index (χ4v) is 9.62. The number of aromatic nitrogens is 3. The summed E-state index contributed by atoms with van der Waals surface area (Å²) >= 11 is 9.54. The van der Waals surface area contributed by atoms with Crippen LogP contribution in [0, 0.1) is 0 Å². The number of benzene rings is 2. The summed E-state index contributed by atoms with van der Waals surface area (Å²) in [4.78, 5) is 35.5. The standard InChI is InChI=1S/C41H44ClN5O8S2.2FH/c1-47(25-9-11-26(12-10-25)54-41(40(51)52,34-6-4-18-56-34)35-7-5-19-57-35)17-3-8-37-45-39(46-55-37)29-21-33(53-2)24(20-30(29)42)22-43-23-32(49)27-13-15-31(48)38-28(27)14-16-36(50)44-38;;/h4-7,13-16,18-21,25-26,32,43,48-49H,3,8-12,17,22-23H2,1-2H3,(H,44,50)(H,51,52);2*1H/t25?,26?,32-;;/m0../s1. The van der Waals surface area contributed by atoms with E-state index in [0.717, 1.165) is 44.2 Å². The number of aryl methyl sites for hydroxylation is 1. The summed E-state index contributed by atoms with van der Waals surface area (Å²) < 4.78 is 17.8. The number of H-pyrrole nitrogens is 1. The summed E-state index contributed by atoms with van der Waals surface area (Å²) in [5, 5.41) is 43.8. The van der Waals surface area contributed by atoms with E-state index >= 15 is 0 Å². The van der Waals surface area contributed by atoms with Gasteiger partial charge in [-0.2, -0.15) is 4.98 Å². The predicted molar refractivity (Wildman–Crippen MR) is 224 cm³/mol. The first-order chi connectivity index (χ1) is 27.6. The molecule has 0 saturated heterocycles. The Kier molecular flexibility index (Phi) is 15.4. The quantitative estimate of drug-likeness (QED) is 0.0613. The Hall–Kier alpha value is -4.75. The first kappa shape index (κ1) is 45.3. The van der Waals surface area contributed by atoms with Gasteiger partial charge in [-0.1, -0.05) is 35.0 Å². The summed E-state index contributed by atoms with van der Waals surface area (Å²) in [5.74, 6) is 0.359. The van der Waals surface area contributed by atoms with Crippen LogP contribution in [0.4, 0.5) is 9.41 Å². The first-order valence-corrected chi connectivity index (χ1v) is 20.8. The lowest BCUT2D eigenvalue weighted by atomic mass is 9.90. The van der Waals surface area contributed by atoms with Crippen LogP contribution in [0.2, 0.25) is 5.02 Å². The number of carboxylic acids is 1. The topological polar surface area (TPSA) is 183 Å². The number of phenolic OH excluding ortho intramolecular Hbond substituents is 1. The fourth-order valence-electron chi connectivity index (χ4n) is 7.54. The molecular weight excluding hydrogens is 828 g/mol. The number of nitrogens with zero attached hydrogens (tertiary/aromatic N) is 3. The number of aliphatic hydroxyl groups excluding tert-OH is 1. The van der Waals surface area contributed by atoms with Crippen LogP contribution in [0.15, 0.2) is 80.7 Å². The number of hydrogen-bond acceptors (Lipinski definition) is 13. The molecule has 7 rings (SSSR count). The van der Waals surface area contributed by atoms with Crippen molar-refractivity contribution in [1.82, 2.24) is 25.3 Å². The van der Waals surface area contributed by atoms with E-state index in [1.807, 2.05) is 35.0 Å². The van der Waals surface area contributed by atoms with Gasteiger partial charge >= 0.3 is 5.97 Å². The minimum atomic E-state index is -1.49. The average molecular weight is 874 g/mol. The van der Waals surface area contributed by atoms with Crippen molar-refractivity contribution in [2.24, 2.45) is 0 Å². The summed E-state index contributed by atoms with van der Waals surface area (Å²) in [5.41, 5.74) is 0.320. The van der Waals surface area contributed by atoms with Gasteiger partial charge in [-0.3, -0.25) is 14.2 Å². The molecule has 6 aromatic rings. The molecular formula is C41H46ClF2N5O8S2. The van der Waals surface area contributed by atoms with Crippen molar-refractivity contribution < 1.29 is 43.5 Å². The normalized spacial score (nSPS) is 16.1. The van der Waals surface area contributed by atoms with Crippen molar-refractivity contribution in [3.05, 3.63) is 114 Å². The Balaban J connectivity index is 0.00000331. The van der Waals surface area contributed by atoms with Crippen LogP contribution in [0.1, 0.15) is 65.0 Å². The maximum atomic E-state index is 12.8. The number of aliphatic hydroxyl groups is 1. The zero-order valence-electron chi connectivity index (χ0n) is 32.3. The summed E-state index contributed by atoms with van der Waals surface area (Å²) in [6.07, 6.45) is 3.66. The molecule has 2 aromatic carbocycles. The minimum absolute atomic E-state index is 0. The van der Waals surface area contributed by atoms with Crippen LogP contribution >= 0.6 is 34.3 Å². The number of halogens is 3. The number of thiophene rings is 2. The van der Waals surface area contributed by atoms with E-state index in [-0.39, 0.29) is 38.9 Å². The predicted octanol–water partition coefficient (Wildman–Crippen LogP) is 7.42. The molecule has 1 aliphatic carbocycles. The molecule has 1 atom stereocenters. The van der Waals surface area contributed by atoms with E-state index in [1.165, 1.54) is 34.8 Å². The molecule has 0 spiro atoms. The van der Waals surface area contributed by atoms with Gasteiger partial charge in [-0.15, -0.1) is 22.7 Å². The minimum Gasteiger partial charge on any atom is -0.506 e. The second-order valence-corrected chi connectivity index (χ2v) is 16.5. The Labute approximate surface area is 351 Å². The van der Waals surface area contributed by atoms with Gasteiger partial charge in [0.1, 0.15) is 11.5 Å². The highest BCUT2D eigenvalue weighted by molar-refractivity contribution is 7.12. The summed E-state index contributed by atoms with van der Waals surface area (Å²) in [7, 11) is 3.68. The molecule has 1 aliphatic rings.